The highest BCUT2D eigenvalue weighted by Gasteiger charge is 2.15. The van der Waals surface area contributed by atoms with Gasteiger partial charge in [-0.15, -0.1) is 11.3 Å². The molecule has 9 heteroatoms. The zero-order valence-corrected chi connectivity index (χ0v) is 17.2. The Balaban J connectivity index is 1.88. The number of fused-ring (bicyclic) bond motifs is 1. The fourth-order valence-corrected chi connectivity index (χ4v) is 3.67. The first-order chi connectivity index (χ1) is 13.9. The summed E-state index contributed by atoms with van der Waals surface area (Å²) in [6.07, 6.45) is 0. The van der Waals surface area contributed by atoms with E-state index in [2.05, 4.69) is 10.3 Å². The molecule has 3 rings (SSSR count). The van der Waals surface area contributed by atoms with Gasteiger partial charge in [-0.25, -0.2) is 14.6 Å². The minimum absolute atomic E-state index is 0.155. The smallest absolute Gasteiger partial charge is 0.338 e. The van der Waals surface area contributed by atoms with Crippen LogP contribution in [0.5, 0.6) is 0 Å². The number of carbonyl (C=O) groups is 2. The average Bonchev–Trinajstić information content (AvgIpc) is 3.08. The molecule has 0 atom stereocenters. The summed E-state index contributed by atoms with van der Waals surface area (Å²) in [5.74, 6) is -1.07. The van der Waals surface area contributed by atoms with Crippen LogP contribution in [0.4, 0.5) is 5.69 Å². The number of aryl methyl sites for hydroxylation is 1. The molecule has 0 saturated heterocycles. The van der Waals surface area contributed by atoms with Crippen LogP contribution < -0.4 is 10.9 Å². The molecule has 0 aliphatic carbocycles. The van der Waals surface area contributed by atoms with E-state index in [4.69, 9.17) is 9.47 Å². The molecule has 0 amide bonds. The van der Waals surface area contributed by atoms with Crippen molar-refractivity contribution in [2.45, 2.75) is 27.3 Å². The maximum Gasteiger partial charge on any atom is 0.338 e. The Bertz CT molecular complexity index is 1080. The minimum atomic E-state index is -0.534. The number of esters is 2. The molecule has 8 nitrogen and oxygen atoms in total. The van der Waals surface area contributed by atoms with Crippen molar-refractivity contribution in [3.8, 4) is 0 Å². The maximum atomic E-state index is 12.3. The molecule has 0 aliphatic rings. The molecule has 0 aliphatic heterocycles. The van der Waals surface area contributed by atoms with Crippen LogP contribution in [0.15, 0.2) is 34.4 Å². The van der Waals surface area contributed by atoms with Gasteiger partial charge in [0.15, 0.2) is 4.96 Å². The Morgan fingerprint density at radius 1 is 1.07 bits per heavy atom. The molecule has 3 aromatic rings. The van der Waals surface area contributed by atoms with Crippen LogP contribution in [-0.2, 0) is 16.0 Å². The first-order valence-electron chi connectivity index (χ1n) is 9.13. The molecule has 1 aromatic carbocycles. The van der Waals surface area contributed by atoms with Crippen molar-refractivity contribution < 1.29 is 19.1 Å². The molecule has 0 bridgehead atoms. The topological polar surface area (TPSA) is 99.0 Å². The van der Waals surface area contributed by atoms with Crippen molar-refractivity contribution in [1.29, 1.82) is 0 Å². The summed E-state index contributed by atoms with van der Waals surface area (Å²) in [5, 5.41) is 4.98. The van der Waals surface area contributed by atoms with Gasteiger partial charge in [-0.05, 0) is 39.0 Å². The Morgan fingerprint density at radius 3 is 2.28 bits per heavy atom. The normalized spacial score (nSPS) is 10.7. The average molecular weight is 415 g/mol. The SMILES string of the molecule is CCOC(=O)c1cc(NCc2cc(=O)n3c(C)csc3n2)cc(C(=O)OCC)c1. The lowest BCUT2D eigenvalue weighted by atomic mass is 10.1. The van der Waals surface area contributed by atoms with Gasteiger partial charge in [-0.1, -0.05) is 0 Å². The van der Waals surface area contributed by atoms with Gasteiger partial charge in [-0.2, -0.15) is 0 Å². The van der Waals surface area contributed by atoms with Crippen LogP contribution in [-0.4, -0.2) is 34.5 Å². The van der Waals surface area contributed by atoms with Gasteiger partial charge >= 0.3 is 11.9 Å². The molecular weight excluding hydrogens is 394 g/mol. The van der Waals surface area contributed by atoms with Gasteiger partial charge in [0.2, 0.25) is 0 Å². The lowest BCUT2D eigenvalue weighted by Crippen LogP contribution is -2.16. The van der Waals surface area contributed by atoms with Crippen LogP contribution in [0.3, 0.4) is 0 Å². The summed E-state index contributed by atoms with van der Waals surface area (Å²) in [7, 11) is 0. The molecule has 0 saturated carbocycles. The number of anilines is 1. The van der Waals surface area contributed by atoms with E-state index in [9.17, 15) is 14.4 Å². The van der Waals surface area contributed by atoms with Crippen molar-refractivity contribution in [2.24, 2.45) is 0 Å². The van der Waals surface area contributed by atoms with E-state index in [0.29, 0.717) is 16.3 Å². The zero-order chi connectivity index (χ0) is 21.0. The first-order valence-corrected chi connectivity index (χ1v) is 10.0. The predicted molar refractivity (Wildman–Crippen MR) is 110 cm³/mol. The number of thiazole rings is 1. The van der Waals surface area contributed by atoms with Gasteiger partial charge < -0.3 is 14.8 Å². The van der Waals surface area contributed by atoms with E-state index in [1.54, 1.807) is 30.4 Å². The monoisotopic (exact) mass is 415 g/mol. The largest absolute Gasteiger partial charge is 0.462 e. The number of nitrogens with one attached hydrogen (secondary N) is 1. The van der Waals surface area contributed by atoms with Gasteiger partial charge in [0, 0.05) is 22.8 Å². The highest BCUT2D eigenvalue weighted by atomic mass is 32.1. The number of hydrogen-bond acceptors (Lipinski definition) is 8. The molecule has 0 spiro atoms. The molecular formula is C20H21N3O5S. The van der Waals surface area contributed by atoms with Gasteiger partial charge in [-0.3, -0.25) is 9.20 Å². The van der Waals surface area contributed by atoms with Crippen molar-refractivity contribution in [3.63, 3.8) is 0 Å². The number of rotatable bonds is 7. The lowest BCUT2D eigenvalue weighted by Gasteiger charge is -2.11. The fraction of sp³-hybridized carbons (Fsp3) is 0.300. The number of nitrogens with zero attached hydrogens (tertiary/aromatic N) is 2. The van der Waals surface area contributed by atoms with Crippen LogP contribution in [0.2, 0.25) is 0 Å². The van der Waals surface area contributed by atoms with E-state index in [0.717, 1.165) is 5.69 Å². The third-order valence-corrected chi connectivity index (χ3v) is 5.00. The third-order valence-electron chi connectivity index (χ3n) is 4.06. The van der Waals surface area contributed by atoms with Crippen molar-refractivity contribution >= 4 is 33.9 Å². The predicted octanol–water partition coefficient (Wildman–Crippen LogP) is 3.03. The summed E-state index contributed by atoms with van der Waals surface area (Å²) < 4.78 is 11.6. The number of hydrogen-bond donors (Lipinski definition) is 1. The Labute approximate surface area is 171 Å². The summed E-state index contributed by atoms with van der Waals surface area (Å²) in [4.78, 5) is 41.7. The third kappa shape index (κ3) is 4.62. The van der Waals surface area contributed by atoms with E-state index >= 15 is 0 Å². The van der Waals surface area contributed by atoms with E-state index < -0.39 is 11.9 Å². The quantitative estimate of drug-likeness (QED) is 0.592. The molecule has 0 fully saturated rings. The molecule has 1 N–H and O–H groups in total. The zero-order valence-electron chi connectivity index (χ0n) is 16.4. The number of ether oxygens (including phenoxy) is 2. The molecule has 2 aromatic heterocycles. The van der Waals surface area contributed by atoms with Crippen LogP contribution in [0.25, 0.3) is 4.96 Å². The van der Waals surface area contributed by atoms with Crippen molar-refractivity contribution in [1.82, 2.24) is 9.38 Å². The Hall–Kier alpha value is -3.20. The summed E-state index contributed by atoms with van der Waals surface area (Å²) in [6, 6.07) is 6.07. The second-order valence-electron chi connectivity index (χ2n) is 6.17. The number of carbonyl (C=O) groups excluding carboxylic acids is 2. The van der Waals surface area contributed by atoms with Crippen LogP contribution in [0.1, 0.15) is 46.0 Å². The van der Waals surface area contributed by atoms with Gasteiger partial charge in [0.05, 0.1) is 36.6 Å². The maximum absolute atomic E-state index is 12.3. The lowest BCUT2D eigenvalue weighted by molar-refractivity contribution is 0.0525. The first kappa shape index (κ1) is 20.5. The van der Waals surface area contributed by atoms with Crippen LogP contribution >= 0.6 is 11.3 Å². The van der Waals surface area contributed by atoms with Crippen molar-refractivity contribution in [3.05, 3.63) is 62.5 Å². The highest BCUT2D eigenvalue weighted by molar-refractivity contribution is 7.15. The summed E-state index contributed by atoms with van der Waals surface area (Å²) in [6.45, 7) is 5.95. The second-order valence-corrected chi connectivity index (χ2v) is 7.01. The molecule has 152 valence electrons. The van der Waals surface area contributed by atoms with E-state index in [1.807, 2.05) is 12.3 Å². The fourth-order valence-electron chi connectivity index (χ4n) is 2.78. The summed E-state index contributed by atoms with van der Waals surface area (Å²) >= 11 is 1.39. The summed E-state index contributed by atoms with van der Waals surface area (Å²) in [5.41, 5.74) is 2.22. The van der Waals surface area contributed by atoms with Gasteiger partial charge in [0.25, 0.3) is 5.56 Å². The Kier molecular flexibility index (Phi) is 6.28. The number of benzene rings is 1. The second kappa shape index (κ2) is 8.87. The van der Waals surface area contributed by atoms with Crippen LogP contribution in [0, 0.1) is 6.92 Å². The number of aromatic nitrogens is 2. The Morgan fingerprint density at radius 2 is 1.69 bits per heavy atom. The van der Waals surface area contributed by atoms with Gasteiger partial charge in [0.1, 0.15) is 0 Å². The standard InChI is InChI=1S/C20H21N3O5S/c1-4-27-18(25)13-6-14(19(26)28-5-2)8-15(7-13)21-10-16-9-17(24)23-12(3)11-29-20(23)22-16/h6-9,11,21H,4-5,10H2,1-3H3. The minimum Gasteiger partial charge on any atom is -0.462 e. The highest BCUT2D eigenvalue weighted by Crippen LogP contribution is 2.18. The molecule has 2 heterocycles. The van der Waals surface area contributed by atoms with E-state index in [-0.39, 0.29) is 36.4 Å². The molecule has 29 heavy (non-hydrogen) atoms. The van der Waals surface area contributed by atoms with Crippen molar-refractivity contribution in [2.75, 3.05) is 18.5 Å². The molecule has 0 unspecified atom stereocenters. The van der Waals surface area contributed by atoms with E-state index in [1.165, 1.54) is 23.5 Å². The molecule has 0 radical (unpaired) electrons.